The largest absolute Gasteiger partial charge is 0.497 e. The number of anilines is 1. The zero-order valence-corrected chi connectivity index (χ0v) is 13.7. The van der Waals surface area contributed by atoms with Crippen molar-refractivity contribution in [2.45, 2.75) is 6.54 Å². The van der Waals surface area contributed by atoms with Gasteiger partial charge >= 0.3 is 5.91 Å². The van der Waals surface area contributed by atoms with Crippen LogP contribution in [0, 0.1) is 0 Å². The summed E-state index contributed by atoms with van der Waals surface area (Å²) >= 11 is 0. The number of ether oxygens (including phenoxy) is 2. The second-order valence-electron chi connectivity index (χ2n) is 5.59. The van der Waals surface area contributed by atoms with Crippen molar-refractivity contribution >= 4 is 11.6 Å². The molecule has 6 nitrogen and oxygen atoms in total. The van der Waals surface area contributed by atoms with E-state index in [1.165, 1.54) is 0 Å². The fourth-order valence-electron chi connectivity index (χ4n) is 2.62. The van der Waals surface area contributed by atoms with Gasteiger partial charge in [0.05, 0.1) is 20.3 Å². The highest BCUT2D eigenvalue weighted by Gasteiger charge is 2.17. The molecule has 1 amide bonds. The lowest BCUT2D eigenvalue weighted by Gasteiger charge is -2.28. The van der Waals surface area contributed by atoms with Gasteiger partial charge in [0.2, 0.25) is 0 Å². The first-order valence-corrected chi connectivity index (χ1v) is 8.02. The maximum absolute atomic E-state index is 12.4. The average molecular weight is 328 g/mol. The Morgan fingerprint density at radius 3 is 2.71 bits per heavy atom. The molecular weight excluding hydrogens is 306 g/mol. The third-order valence-electron chi connectivity index (χ3n) is 4.02. The summed E-state index contributed by atoms with van der Waals surface area (Å²) in [5, 5.41) is 2.93. The van der Waals surface area contributed by atoms with E-state index in [4.69, 9.17) is 9.47 Å². The smallest absolute Gasteiger partial charge is 0.316 e. The van der Waals surface area contributed by atoms with Crippen LogP contribution in [0.15, 0.2) is 42.6 Å². The first-order chi connectivity index (χ1) is 11.8. The summed E-state index contributed by atoms with van der Waals surface area (Å²) in [5.74, 6) is 0.678. The second-order valence-corrected chi connectivity index (χ2v) is 5.59. The molecule has 126 valence electrons. The van der Waals surface area contributed by atoms with Gasteiger partial charge in [0.15, 0.2) is 6.20 Å². The van der Waals surface area contributed by atoms with E-state index in [-0.39, 0.29) is 5.91 Å². The molecule has 2 N–H and O–H groups in total. The van der Waals surface area contributed by atoms with Crippen LogP contribution >= 0.6 is 0 Å². The number of benzene rings is 1. The van der Waals surface area contributed by atoms with Crippen molar-refractivity contribution in [3.63, 3.8) is 0 Å². The Bertz CT molecular complexity index is 682. The van der Waals surface area contributed by atoms with Gasteiger partial charge in [-0.25, -0.2) is 4.98 Å². The molecule has 0 aliphatic carbocycles. The van der Waals surface area contributed by atoms with E-state index in [2.05, 4.69) is 15.2 Å². The predicted octanol–water partition coefficient (Wildman–Crippen LogP) is 1.28. The number of hydrogen-bond acceptors (Lipinski definition) is 4. The molecule has 1 aliphatic rings. The average Bonchev–Trinajstić information content (AvgIpc) is 2.67. The van der Waals surface area contributed by atoms with Crippen molar-refractivity contribution in [2.24, 2.45) is 0 Å². The molecule has 1 saturated heterocycles. The fraction of sp³-hybridized carbons (Fsp3) is 0.333. The summed E-state index contributed by atoms with van der Waals surface area (Å²) in [4.78, 5) is 17.6. The Labute approximate surface area is 141 Å². The molecule has 1 aromatic heterocycles. The fourth-order valence-corrected chi connectivity index (χ4v) is 2.62. The standard InChI is InChI=1S/C18H21N3O3/c1-23-16-4-2-14(3-5-16)13-20-18(22)17-12-15(6-7-19-17)21-8-10-24-11-9-21/h2-7,12H,8-11,13H2,1H3,(H,20,22)/p+1. The number of aromatic nitrogens is 1. The van der Waals surface area contributed by atoms with Crippen LogP contribution in [0.1, 0.15) is 16.1 Å². The van der Waals surface area contributed by atoms with E-state index >= 15 is 0 Å². The van der Waals surface area contributed by atoms with Crippen LogP contribution in [0.2, 0.25) is 0 Å². The number of methoxy groups -OCH3 is 1. The third kappa shape index (κ3) is 4.02. The van der Waals surface area contributed by atoms with E-state index in [1.807, 2.05) is 36.4 Å². The van der Waals surface area contributed by atoms with E-state index in [9.17, 15) is 4.79 Å². The molecule has 3 rings (SSSR count). The highest BCUT2D eigenvalue weighted by atomic mass is 16.5. The second kappa shape index (κ2) is 7.79. The summed E-state index contributed by atoms with van der Waals surface area (Å²) in [6.07, 6.45) is 1.80. The Morgan fingerprint density at radius 1 is 1.25 bits per heavy atom. The highest BCUT2D eigenvalue weighted by Crippen LogP contribution is 2.15. The SMILES string of the molecule is COc1ccc(CNC(=O)c2cc(N3CCOCC3)cc[nH+]2)cc1. The van der Waals surface area contributed by atoms with Crippen LogP contribution < -0.4 is 19.9 Å². The molecule has 0 unspecified atom stereocenters. The van der Waals surface area contributed by atoms with E-state index in [0.717, 1.165) is 43.3 Å². The molecule has 0 saturated carbocycles. The van der Waals surface area contributed by atoms with Crippen molar-refractivity contribution in [3.8, 4) is 5.75 Å². The minimum atomic E-state index is -0.124. The van der Waals surface area contributed by atoms with Gasteiger partial charge in [-0.3, -0.25) is 4.79 Å². The quantitative estimate of drug-likeness (QED) is 0.898. The van der Waals surface area contributed by atoms with Gasteiger partial charge in [0, 0.05) is 37.5 Å². The van der Waals surface area contributed by atoms with Crippen molar-refractivity contribution < 1.29 is 19.3 Å². The van der Waals surface area contributed by atoms with Crippen LogP contribution in [0.25, 0.3) is 0 Å². The first-order valence-electron chi connectivity index (χ1n) is 8.02. The highest BCUT2D eigenvalue weighted by molar-refractivity contribution is 5.91. The van der Waals surface area contributed by atoms with E-state index in [0.29, 0.717) is 12.2 Å². The number of nitrogens with one attached hydrogen (secondary N) is 2. The predicted molar refractivity (Wildman–Crippen MR) is 90.2 cm³/mol. The van der Waals surface area contributed by atoms with Crippen molar-refractivity contribution in [3.05, 3.63) is 53.9 Å². The van der Waals surface area contributed by atoms with Crippen molar-refractivity contribution in [2.75, 3.05) is 38.3 Å². The number of nitrogens with zero attached hydrogens (tertiary/aromatic N) is 1. The Morgan fingerprint density at radius 2 is 2.00 bits per heavy atom. The Balaban J connectivity index is 1.61. The number of H-pyrrole nitrogens is 1. The molecule has 1 aromatic carbocycles. The zero-order chi connectivity index (χ0) is 16.8. The first kappa shape index (κ1) is 16.3. The number of carbonyl (C=O) groups is 1. The number of pyridine rings is 1. The summed E-state index contributed by atoms with van der Waals surface area (Å²) in [5.41, 5.74) is 2.60. The van der Waals surface area contributed by atoms with Crippen molar-refractivity contribution in [1.29, 1.82) is 0 Å². The third-order valence-corrected chi connectivity index (χ3v) is 4.02. The minimum absolute atomic E-state index is 0.124. The zero-order valence-electron chi connectivity index (χ0n) is 13.7. The van der Waals surface area contributed by atoms with E-state index < -0.39 is 0 Å². The molecule has 6 heteroatoms. The van der Waals surface area contributed by atoms with Crippen LogP contribution in [-0.4, -0.2) is 39.3 Å². The topological polar surface area (TPSA) is 64.9 Å². The van der Waals surface area contributed by atoms with Crippen LogP contribution in [0.4, 0.5) is 5.69 Å². The number of carbonyl (C=O) groups excluding carboxylic acids is 1. The normalized spacial score (nSPS) is 14.3. The molecule has 24 heavy (non-hydrogen) atoms. The lowest BCUT2D eigenvalue weighted by Crippen LogP contribution is -2.37. The van der Waals surface area contributed by atoms with Crippen LogP contribution in [-0.2, 0) is 11.3 Å². The maximum Gasteiger partial charge on any atom is 0.316 e. The number of hydrogen-bond donors (Lipinski definition) is 1. The summed E-state index contributed by atoms with van der Waals surface area (Å²) in [6.45, 7) is 3.60. The summed E-state index contributed by atoms with van der Waals surface area (Å²) in [7, 11) is 1.63. The number of amides is 1. The van der Waals surface area contributed by atoms with Crippen LogP contribution in [0.5, 0.6) is 5.75 Å². The lowest BCUT2D eigenvalue weighted by molar-refractivity contribution is -0.382. The molecule has 0 spiro atoms. The van der Waals surface area contributed by atoms with Gasteiger partial charge in [-0.15, -0.1) is 0 Å². The van der Waals surface area contributed by atoms with Gasteiger partial charge in [-0.05, 0) is 17.7 Å². The Hall–Kier alpha value is -2.60. The number of rotatable bonds is 5. The molecule has 0 radical (unpaired) electrons. The monoisotopic (exact) mass is 328 g/mol. The van der Waals surface area contributed by atoms with E-state index in [1.54, 1.807) is 13.3 Å². The molecule has 2 heterocycles. The number of aromatic amines is 1. The van der Waals surface area contributed by atoms with Gasteiger partial charge in [0.1, 0.15) is 5.75 Å². The lowest BCUT2D eigenvalue weighted by atomic mass is 10.2. The van der Waals surface area contributed by atoms with Gasteiger partial charge in [-0.1, -0.05) is 12.1 Å². The molecule has 0 atom stereocenters. The maximum atomic E-state index is 12.4. The van der Waals surface area contributed by atoms with Gasteiger partial charge < -0.3 is 19.7 Å². The molecular formula is C18H22N3O3+. The van der Waals surface area contributed by atoms with Gasteiger partial charge in [0.25, 0.3) is 5.69 Å². The molecule has 1 aliphatic heterocycles. The van der Waals surface area contributed by atoms with Crippen molar-refractivity contribution in [1.82, 2.24) is 5.32 Å². The van der Waals surface area contributed by atoms with Gasteiger partial charge in [-0.2, -0.15) is 0 Å². The molecule has 2 aromatic rings. The summed E-state index contributed by atoms with van der Waals surface area (Å²) in [6, 6.07) is 11.5. The Kier molecular flexibility index (Phi) is 5.28. The molecule has 1 fully saturated rings. The molecule has 0 bridgehead atoms. The minimum Gasteiger partial charge on any atom is -0.497 e. The number of morpholine rings is 1. The summed E-state index contributed by atoms with van der Waals surface area (Å²) < 4.78 is 10.5. The van der Waals surface area contributed by atoms with Crippen LogP contribution in [0.3, 0.4) is 0 Å².